The second-order valence-electron chi connectivity index (χ2n) is 6.61. The van der Waals surface area contributed by atoms with E-state index in [2.05, 4.69) is 20.3 Å². The Morgan fingerprint density at radius 1 is 1.07 bits per heavy atom. The van der Waals surface area contributed by atoms with Crippen LogP contribution in [-0.2, 0) is 0 Å². The third kappa shape index (κ3) is 3.72. The smallest absolute Gasteiger partial charge is 0.373 e. The van der Waals surface area contributed by atoms with Crippen LogP contribution in [0.15, 0.2) is 55.0 Å². The molecule has 2 heterocycles. The highest BCUT2D eigenvalue weighted by Crippen LogP contribution is 2.37. The lowest BCUT2D eigenvalue weighted by molar-refractivity contribution is -0.385. The van der Waals surface area contributed by atoms with Crippen molar-refractivity contribution in [3.63, 3.8) is 0 Å². The van der Waals surface area contributed by atoms with E-state index in [0.717, 1.165) is 16.5 Å². The zero-order valence-electron chi connectivity index (χ0n) is 16.1. The number of hydrogen-bond acceptors (Lipinski definition) is 7. The van der Waals surface area contributed by atoms with Gasteiger partial charge in [-0.15, -0.1) is 0 Å². The number of fused-ring (bicyclic) bond motifs is 1. The molecule has 0 atom stereocenters. The number of nitrogens with one attached hydrogen (secondary N) is 1. The van der Waals surface area contributed by atoms with Crippen LogP contribution in [0.3, 0.4) is 0 Å². The van der Waals surface area contributed by atoms with Crippen molar-refractivity contribution in [1.82, 2.24) is 15.0 Å². The molecule has 0 saturated carbocycles. The standard InChI is InChI=1S/C21H16ClN5O3/c1-12-9-15(10-13(2)17(12)22)30-21-19(27(28)29)20(24-11-25-21)26-16-7-3-5-14-6-4-8-23-18(14)16/h3-11H,1-2H3,(H,24,25,26). The predicted octanol–water partition coefficient (Wildman–Crippen LogP) is 5.74. The van der Waals surface area contributed by atoms with Gasteiger partial charge in [0, 0.05) is 16.6 Å². The molecular weight excluding hydrogens is 406 g/mol. The number of nitro groups is 1. The van der Waals surface area contributed by atoms with Crippen molar-refractivity contribution in [1.29, 1.82) is 0 Å². The molecule has 0 aliphatic heterocycles. The molecule has 0 aliphatic rings. The van der Waals surface area contributed by atoms with Gasteiger partial charge in [-0.25, -0.2) is 4.98 Å². The molecule has 150 valence electrons. The van der Waals surface area contributed by atoms with Gasteiger partial charge in [-0.2, -0.15) is 4.98 Å². The number of para-hydroxylation sites is 1. The van der Waals surface area contributed by atoms with Crippen molar-refractivity contribution >= 4 is 39.7 Å². The van der Waals surface area contributed by atoms with E-state index in [9.17, 15) is 10.1 Å². The fraction of sp³-hybridized carbons (Fsp3) is 0.0952. The number of hydrogen-bond donors (Lipinski definition) is 1. The number of ether oxygens (including phenoxy) is 1. The Hall–Kier alpha value is -3.78. The largest absolute Gasteiger partial charge is 0.434 e. The molecule has 0 saturated heterocycles. The summed E-state index contributed by atoms with van der Waals surface area (Å²) in [6.45, 7) is 3.66. The van der Waals surface area contributed by atoms with Gasteiger partial charge in [-0.1, -0.05) is 29.8 Å². The lowest BCUT2D eigenvalue weighted by Gasteiger charge is -2.12. The summed E-state index contributed by atoms with van der Waals surface area (Å²) in [6, 6.07) is 12.6. The normalized spacial score (nSPS) is 10.8. The molecule has 2 aromatic heterocycles. The maximum absolute atomic E-state index is 11.8. The van der Waals surface area contributed by atoms with E-state index in [1.807, 2.05) is 38.1 Å². The minimum absolute atomic E-state index is 0.00515. The number of anilines is 2. The summed E-state index contributed by atoms with van der Waals surface area (Å²) in [5.41, 5.74) is 2.46. The molecule has 30 heavy (non-hydrogen) atoms. The Kier molecular flexibility index (Phi) is 5.16. The summed E-state index contributed by atoms with van der Waals surface area (Å²) in [7, 11) is 0. The SMILES string of the molecule is Cc1cc(Oc2ncnc(Nc3cccc4cccnc34)c2[N+](=O)[O-])cc(C)c1Cl. The Morgan fingerprint density at radius 3 is 2.53 bits per heavy atom. The van der Waals surface area contributed by atoms with E-state index >= 15 is 0 Å². The number of rotatable bonds is 5. The van der Waals surface area contributed by atoms with Gasteiger partial charge in [-0.05, 0) is 49.2 Å². The van der Waals surface area contributed by atoms with Crippen molar-refractivity contribution in [2.45, 2.75) is 13.8 Å². The van der Waals surface area contributed by atoms with Gasteiger partial charge in [0.2, 0.25) is 5.82 Å². The molecule has 0 aliphatic carbocycles. The van der Waals surface area contributed by atoms with Crippen molar-refractivity contribution in [3.05, 3.63) is 81.3 Å². The first-order valence-electron chi connectivity index (χ1n) is 8.99. The maximum atomic E-state index is 11.8. The Balaban J connectivity index is 1.76. The Bertz CT molecular complexity index is 1250. The number of aromatic nitrogens is 3. The van der Waals surface area contributed by atoms with Crippen LogP contribution < -0.4 is 10.1 Å². The van der Waals surface area contributed by atoms with Crippen LogP contribution >= 0.6 is 11.6 Å². The average molecular weight is 422 g/mol. The minimum Gasteiger partial charge on any atom is -0.434 e. The van der Waals surface area contributed by atoms with Crippen LogP contribution in [-0.4, -0.2) is 19.9 Å². The molecule has 0 bridgehead atoms. The zero-order chi connectivity index (χ0) is 21.3. The van der Waals surface area contributed by atoms with Crippen LogP contribution in [0.25, 0.3) is 10.9 Å². The van der Waals surface area contributed by atoms with Crippen LogP contribution in [0, 0.1) is 24.0 Å². The summed E-state index contributed by atoms with van der Waals surface area (Å²) in [4.78, 5) is 23.7. The van der Waals surface area contributed by atoms with Gasteiger partial charge < -0.3 is 10.1 Å². The molecule has 8 nitrogen and oxygen atoms in total. The Labute approximate surface area is 176 Å². The third-order valence-corrected chi connectivity index (χ3v) is 5.08. The zero-order valence-corrected chi connectivity index (χ0v) is 16.8. The molecule has 4 aromatic rings. The topological polar surface area (TPSA) is 103 Å². The average Bonchev–Trinajstić information content (AvgIpc) is 2.72. The first kappa shape index (κ1) is 19.5. The van der Waals surface area contributed by atoms with Gasteiger partial charge in [-0.3, -0.25) is 15.1 Å². The lowest BCUT2D eigenvalue weighted by Crippen LogP contribution is -2.04. The van der Waals surface area contributed by atoms with E-state index in [4.69, 9.17) is 16.3 Å². The molecular formula is C21H16ClN5O3. The minimum atomic E-state index is -0.578. The summed E-state index contributed by atoms with van der Waals surface area (Å²) in [6.07, 6.45) is 2.86. The molecule has 0 amide bonds. The summed E-state index contributed by atoms with van der Waals surface area (Å²) in [5.74, 6) is 0.228. The molecule has 9 heteroatoms. The number of halogens is 1. The molecule has 2 aromatic carbocycles. The molecule has 4 rings (SSSR count). The van der Waals surface area contributed by atoms with Crippen LogP contribution in [0.4, 0.5) is 17.2 Å². The van der Waals surface area contributed by atoms with Gasteiger partial charge in [0.1, 0.15) is 12.1 Å². The highest BCUT2D eigenvalue weighted by molar-refractivity contribution is 6.32. The number of nitrogens with zero attached hydrogens (tertiary/aromatic N) is 4. The third-order valence-electron chi connectivity index (χ3n) is 4.48. The fourth-order valence-electron chi connectivity index (χ4n) is 3.10. The van der Waals surface area contributed by atoms with E-state index in [0.29, 0.717) is 22.0 Å². The highest BCUT2D eigenvalue weighted by Gasteiger charge is 2.26. The summed E-state index contributed by atoms with van der Waals surface area (Å²) >= 11 is 6.19. The summed E-state index contributed by atoms with van der Waals surface area (Å²) in [5, 5.41) is 16.3. The van der Waals surface area contributed by atoms with Crippen molar-refractivity contribution in [2.24, 2.45) is 0 Å². The monoisotopic (exact) mass is 421 g/mol. The first-order valence-corrected chi connectivity index (χ1v) is 9.36. The van der Waals surface area contributed by atoms with Gasteiger partial charge in [0.25, 0.3) is 0 Å². The van der Waals surface area contributed by atoms with Crippen LogP contribution in [0.2, 0.25) is 5.02 Å². The molecule has 0 fully saturated rings. The lowest BCUT2D eigenvalue weighted by atomic mass is 10.1. The molecule has 0 radical (unpaired) electrons. The van der Waals surface area contributed by atoms with Crippen molar-refractivity contribution in [2.75, 3.05) is 5.32 Å². The fourth-order valence-corrected chi connectivity index (χ4v) is 3.21. The highest BCUT2D eigenvalue weighted by atomic mass is 35.5. The summed E-state index contributed by atoms with van der Waals surface area (Å²) < 4.78 is 5.75. The number of aryl methyl sites for hydroxylation is 2. The second-order valence-corrected chi connectivity index (χ2v) is 6.99. The van der Waals surface area contributed by atoms with E-state index in [1.54, 1.807) is 24.4 Å². The number of benzene rings is 2. The van der Waals surface area contributed by atoms with E-state index < -0.39 is 4.92 Å². The molecule has 1 N–H and O–H groups in total. The molecule has 0 unspecified atom stereocenters. The van der Waals surface area contributed by atoms with E-state index in [1.165, 1.54) is 6.33 Å². The second kappa shape index (κ2) is 7.92. The maximum Gasteiger partial charge on any atom is 0.373 e. The van der Waals surface area contributed by atoms with Crippen molar-refractivity contribution < 1.29 is 9.66 Å². The number of pyridine rings is 1. The van der Waals surface area contributed by atoms with Gasteiger partial charge >= 0.3 is 11.6 Å². The first-order chi connectivity index (χ1) is 14.4. The van der Waals surface area contributed by atoms with Crippen LogP contribution in [0.5, 0.6) is 11.6 Å². The van der Waals surface area contributed by atoms with Crippen LogP contribution in [0.1, 0.15) is 11.1 Å². The predicted molar refractivity (Wildman–Crippen MR) is 115 cm³/mol. The van der Waals surface area contributed by atoms with Gasteiger partial charge in [0.15, 0.2) is 0 Å². The Morgan fingerprint density at radius 2 is 1.80 bits per heavy atom. The van der Waals surface area contributed by atoms with Crippen molar-refractivity contribution in [3.8, 4) is 11.6 Å². The quantitative estimate of drug-likeness (QED) is 0.323. The van der Waals surface area contributed by atoms with E-state index in [-0.39, 0.29) is 17.4 Å². The van der Waals surface area contributed by atoms with Gasteiger partial charge in [0.05, 0.1) is 16.1 Å². The molecule has 0 spiro atoms.